The largest absolute Gasteiger partial charge is 0.452 e. The molecule has 1 aliphatic rings. The maximum atomic E-state index is 12.1. The van der Waals surface area contributed by atoms with E-state index < -0.39 is 42.8 Å². The third-order valence-corrected chi connectivity index (χ3v) is 4.25. The highest BCUT2D eigenvalue weighted by Crippen LogP contribution is 2.23. The Kier molecular flexibility index (Phi) is 6.05. The van der Waals surface area contributed by atoms with Crippen molar-refractivity contribution in [1.29, 1.82) is 0 Å². The summed E-state index contributed by atoms with van der Waals surface area (Å²) in [6, 6.07) is 8.37. The fraction of sp³-hybridized carbons (Fsp3) is 0.150. The first kappa shape index (κ1) is 21.6. The molecule has 160 valence electrons. The van der Waals surface area contributed by atoms with Crippen molar-refractivity contribution in [3.63, 3.8) is 0 Å². The van der Waals surface area contributed by atoms with Gasteiger partial charge in [-0.05, 0) is 42.5 Å². The highest BCUT2D eigenvalue weighted by Gasteiger charge is 2.33. The fourth-order valence-electron chi connectivity index (χ4n) is 2.73. The summed E-state index contributed by atoms with van der Waals surface area (Å²) in [5.74, 6) is -3.93. The Hall–Kier alpha value is -4.15. The van der Waals surface area contributed by atoms with Crippen LogP contribution >= 0.6 is 0 Å². The van der Waals surface area contributed by atoms with Gasteiger partial charge in [-0.1, -0.05) is 0 Å². The lowest BCUT2D eigenvalue weighted by Crippen LogP contribution is -2.34. The average Bonchev–Trinajstić information content (AvgIpc) is 2.95. The lowest BCUT2D eigenvalue weighted by molar-refractivity contribution is -0.123. The zero-order valence-corrected chi connectivity index (χ0v) is 15.9. The number of rotatable bonds is 6. The third kappa shape index (κ3) is 4.71. The number of imide groups is 2. The van der Waals surface area contributed by atoms with Crippen LogP contribution in [0.1, 0.15) is 41.4 Å². The molecular formula is C20H14F2N2O7. The number of hydrogen-bond acceptors (Lipinski definition) is 7. The Balaban J connectivity index is 1.55. The molecule has 0 bridgehead atoms. The Morgan fingerprint density at radius 2 is 1.58 bits per heavy atom. The van der Waals surface area contributed by atoms with E-state index in [4.69, 9.17) is 4.74 Å². The summed E-state index contributed by atoms with van der Waals surface area (Å²) in [5.41, 5.74) is 0.134. The summed E-state index contributed by atoms with van der Waals surface area (Å²) in [6.07, 6.45) is 0. The smallest absolute Gasteiger partial charge is 0.387 e. The van der Waals surface area contributed by atoms with Gasteiger partial charge in [0.05, 0.1) is 16.7 Å². The molecule has 9 nitrogen and oxygen atoms in total. The fourth-order valence-corrected chi connectivity index (χ4v) is 2.73. The minimum atomic E-state index is -3.01. The number of amides is 4. The van der Waals surface area contributed by atoms with Gasteiger partial charge in [0, 0.05) is 12.6 Å². The molecule has 11 heteroatoms. The number of alkyl halides is 2. The molecule has 1 N–H and O–H groups in total. The van der Waals surface area contributed by atoms with Crippen LogP contribution in [0, 0.1) is 0 Å². The zero-order valence-electron chi connectivity index (χ0n) is 15.9. The van der Waals surface area contributed by atoms with E-state index in [1.807, 2.05) is 5.32 Å². The molecule has 4 amide bonds. The molecule has 0 saturated heterocycles. The van der Waals surface area contributed by atoms with E-state index in [0.29, 0.717) is 0 Å². The molecule has 0 saturated carbocycles. The number of esters is 1. The van der Waals surface area contributed by atoms with E-state index >= 15 is 0 Å². The van der Waals surface area contributed by atoms with Crippen LogP contribution < -0.4 is 10.1 Å². The second kappa shape index (κ2) is 8.69. The van der Waals surface area contributed by atoms with Crippen LogP contribution in [0.2, 0.25) is 0 Å². The van der Waals surface area contributed by atoms with Gasteiger partial charge in [0.25, 0.3) is 23.6 Å². The van der Waals surface area contributed by atoms with Crippen LogP contribution in [-0.4, -0.2) is 54.8 Å². The molecule has 0 atom stereocenters. The highest BCUT2D eigenvalue weighted by atomic mass is 19.3. The van der Waals surface area contributed by atoms with Gasteiger partial charge in [0.1, 0.15) is 5.75 Å². The molecular weight excluding hydrogens is 418 g/mol. The van der Waals surface area contributed by atoms with E-state index in [-0.39, 0.29) is 28.0 Å². The Bertz CT molecular complexity index is 1080. The van der Waals surface area contributed by atoms with Gasteiger partial charge in [-0.25, -0.2) is 4.79 Å². The topological polar surface area (TPSA) is 119 Å². The molecule has 0 spiro atoms. The lowest BCUT2D eigenvalue weighted by Gasteiger charge is -2.07. The van der Waals surface area contributed by atoms with E-state index in [2.05, 4.69) is 4.74 Å². The normalized spacial score (nSPS) is 12.6. The summed E-state index contributed by atoms with van der Waals surface area (Å²) in [4.78, 5) is 60.7. The van der Waals surface area contributed by atoms with Crippen molar-refractivity contribution in [3.05, 3.63) is 64.7 Å². The number of carbonyl (C=O) groups excluding carboxylic acids is 5. The monoisotopic (exact) mass is 432 g/mol. The first-order valence-electron chi connectivity index (χ1n) is 8.70. The van der Waals surface area contributed by atoms with Crippen molar-refractivity contribution >= 4 is 29.6 Å². The molecule has 31 heavy (non-hydrogen) atoms. The van der Waals surface area contributed by atoms with Gasteiger partial charge < -0.3 is 9.47 Å². The molecule has 2 aromatic carbocycles. The van der Waals surface area contributed by atoms with Crippen molar-refractivity contribution in [2.75, 3.05) is 13.7 Å². The Morgan fingerprint density at radius 3 is 2.23 bits per heavy atom. The predicted octanol–water partition coefficient (Wildman–Crippen LogP) is 1.63. The summed E-state index contributed by atoms with van der Waals surface area (Å²) in [6.45, 7) is -3.80. The second-order valence-corrected chi connectivity index (χ2v) is 6.29. The van der Waals surface area contributed by atoms with E-state index in [0.717, 1.165) is 17.0 Å². The number of hydrogen-bond donors (Lipinski definition) is 1. The minimum Gasteiger partial charge on any atom is -0.452 e. The molecule has 0 aliphatic carbocycles. The number of halogens is 2. The number of benzene rings is 2. The van der Waals surface area contributed by atoms with E-state index in [1.54, 1.807) is 0 Å². The number of ether oxygens (including phenoxy) is 2. The molecule has 0 radical (unpaired) electrons. The van der Waals surface area contributed by atoms with Gasteiger partial charge in [-0.2, -0.15) is 8.78 Å². The van der Waals surface area contributed by atoms with Gasteiger partial charge in [-0.15, -0.1) is 0 Å². The lowest BCUT2D eigenvalue weighted by atomic mass is 10.1. The van der Waals surface area contributed by atoms with Crippen LogP contribution in [0.15, 0.2) is 42.5 Å². The van der Waals surface area contributed by atoms with Crippen LogP contribution in [0.25, 0.3) is 0 Å². The minimum absolute atomic E-state index is 0.00721. The van der Waals surface area contributed by atoms with Crippen LogP contribution in [0.5, 0.6) is 5.75 Å². The number of carbonyl (C=O) groups is 5. The summed E-state index contributed by atoms with van der Waals surface area (Å²) in [5, 5.41) is 1.97. The van der Waals surface area contributed by atoms with E-state index in [9.17, 15) is 32.8 Å². The van der Waals surface area contributed by atoms with Gasteiger partial charge in [-0.3, -0.25) is 29.4 Å². The van der Waals surface area contributed by atoms with Crippen molar-refractivity contribution in [1.82, 2.24) is 10.2 Å². The van der Waals surface area contributed by atoms with Crippen molar-refractivity contribution in [3.8, 4) is 5.75 Å². The standard InChI is InChI=1S/C20H14F2N2O7/c1-24-17(27)13-7-4-11(8-14(13)18(24)28)19(29)30-9-15(25)23-16(26)10-2-5-12(6-3-10)31-20(21)22/h2-8,20H,9H2,1H3,(H,23,25,26). The summed E-state index contributed by atoms with van der Waals surface area (Å²) in [7, 11) is 1.31. The van der Waals surface area contributed by atoms with E-state index in [1.165, 1.54) is 37.4 Å². The SMILES string of the molecule is CN1C(=O)c2ccc(C(=O)OCC(=O)NC(=O)c3ccc(OC(F)F)cc3)cc2C1=O. The summed E-state index contributed by atoms with van der Waals surface area (Å²) >= 11 is 0. The highest BCUT2D eigenvalue weighted by molar-refractivity contribution is 6.21. The Labute approximate surface area is 173 Å². The predicted molar refractivity (Wildman–Crippen MR) is 98.7 cm³/mol. The molecule has 2 aromatic rings. The summed E-state index contributed by atoms with van der Waals surface area (Å²) < 4.78 is 33.2. The van der Waals surface area contributed by atoms with Gasteiger partial charge in [0.15, 0.2) is 6.61 Å². The van der Waals surface area contributed by atoms with Crippen LogP contribution in [-0.2, 0) is 9.53 Å². The molecule has 1 heterocycles. The first-order valence-corrected chi connectivity index (χ1v) is 8.70. The van der Waals surface area contributed by atoms with Crippen LogP contribution in [0.4, 0.5) is 8.78 Å². The van der Waals surface area contributed by atoms with Gasteiger partial charge >= 0.3 is 12.6 Å². The molecule has 0 unspecified atom stereocenters. The zero-order chi connectivity index (χ0) is 22.7. The second-order valence-electron chi connectivity index (χ2n) is 6.29. The molecule has 1 aliphatic heterocycles. The van der Waals surface area contributed by atoms with Gasteiger partial charge in [0.2, 0.25) is 0 Å². The number of nitrogens with one attached hydrogen (secondary N) is 1. The maximum absolute atomic E-state index is 12.1. The van der Waals surface area contributed by atoms with Crippen molar-refractivity contribution in [2.45, 2.75) is 6.61 Å². The quantitative estimate of drug-likeness (QED) is 0.544. The molecule has 3 rings (SSSR count). The number of fused-ring (bicyclic) bond motifs is 1. The molecule has 0 aromatic heterocycles. The average molecular weight is 432 g/mol. The maximum Gasteiger partial charge on any atom is 0.387 e. The first-order chi connectivity index (χ1) is 14.7. The number of nitrogens with zero attached hydrogens (tertiary/aromatic N) is 1. The van der Waals surface area contributed by atoms with Crippen LogP contribution in [0.3, 0.4) is 0 Å². The van der Waals surface area contributed by atoms with Crippen molar-refractivity contribution in [2.24, 2.45) is 0 Å². The molecule has 0 fully saturated rings. The van der Waals surface area contributed by atoms with Crippen molar-refractivity contribution < 1.29 is 42.2 Å². The Morgan fingerprint density at radius 1 is 0.968 bits per heavy atom. The third-order valence-electron chi connectivity index (χ3n) is 4.25.